The molecule has 0 fully saturated rings. The lowest BCUT2D eigenvalue weighted by molar-refractivity contribution is -0.116. The smallest absolute Gasteiger partial charge is 0.271 e. The predicted molar refractivity (Wildman–Crippen MR) is 83.6 cm³/mol. The van der Waals surface area contributed by atoms with Gasteiger partial charge in [0.1, 0.15) is 11.9 Å². The molecule has 1 heterocycles. The fraction of sp³-hybridized carbons (Fsp3) is 0.200. The Bertz CT molecular complexity index is 643. The standard InChI is InChI=1S/C15H17N5O2/c1-10(14(21)18-11-6-4-3-5-7-11)17-13-9-8-12(19-20-13)15(22)16-2/h3-10H,1-2H3,(H,16,22)(H,17,20)(H,18,21). The Morgan fingerprint density at radius 2 is 1.77 bits per heavy atom. The number of carbonyl (C=O) groups excluding carboxylic acids is 2. The van der Waals surface area contributed by atoms with Gasteiger partial charge in [0.25, 0.3) is 5.91 Å². The van der Waals surface area contributed by atoms with Crippen LogP contribution in [0.15, 0.2) is 42.5 Å². The summed E-state index contributed by atoms with van der Waals surface area (Å²) in [5.74, 6) is -0.0827. The van der Waals surface area contributed by atoms with Crippen LogP contribution in [0.4, 0.5) is 11.5 Å². The molecule has 1 unspecified atom stereocenters. The number of nitrogens with one attached hydrogen (secondary N) is 3. The van der Waals surface area contributed by atoms with Crippen molar-refractivity contribution in [2.24, 2.45) is 0 Å². The summed E-state index contributed by atoms with van der Waals surface area (Å²) in [6.45, 7) is 1.71. The summed E-state index contributed by atoms with van der Waals surface area (Å²) in [6, 6.07) is 11.8. The van der Waals surface area contributed by atoms with E-state index in [1.165, 1.54) is 13.1 Å². The first-order chi connectivity index (χ1) is 10.6. The van der Waals surface area contributed by atoms with E-state index in [1.807, 2.05) is 30.3 Å². The van der Waals surface area contributed by atoms with Gasteiger partial charge in [-0.05, 0) is 31.2 Å². The summed E-state index contributed by atoms with van der Waals surface area (Å²) in [6.07, 6.45) is 0. The van der Waals surface area contributed by atoms with Crippen LogP contribution < -0.4 is 16.0 Å². The highest BCUT2D eigenvalue weighted by Gasteiger charge is 2.14. The van der Waals surface area contributed by atoms with Gasteiger partial charge in [-0.3, -0.25) is 9.59 Å². The molecular formula is C15H17N5O2. The summed E-state index contributed by atoms with van der Waals surface area (Å²) in [7, 11) is 1.52. The van der Waals surface area contributed by atoms with E-state index in [9.17, 15) is 9.59 Å². The molecule has 7 heteroatoms. The summed E-state index contributed by atoms with van der Waals surface area (Å²) >= 11 is 0. The maximum Gasteiger partial charge on any atom is 0.271 e. The molecule has 0 aliphatic rings. The molecular weight excluding hydrogens is 282 g/mol. The van der Waals surface area contributed by atoms with Crippen LogP contribution in [0.25, 0.3) is 0 Å². The molecule has 1 aromatic carbocycles. The van der Waals surface area contributed by atoms with E-state index in [0.29, 0.717) is 5.82 Å². The number of para-hydroxylation sites is 1. The average Bonchev–Trinajstić information content (AvgIpc) is 2.55. The van der Waals surface area contributed by atoms with E-state index in [-0.39, 0.29) is 17.5 Å². The zero-order valence-corrected chi connectivity index (χ0v) is 12.3. The number of rotatable bonds is 5. The highest BCUT2D eigenvalue weighted by atomic mass is 16.2. The van der Waals surface area contributed by atoms with E-state index >= 15 is 0 Å². The molecule has 1 aromatic heterocycles. The van der Waals surface area contributed by atoms with Crippen molar-refractivity contribution < 1.29 is 9.59 Å². The molecule has 0 aliphatic carbocycles. The van der Waals surface area contributed by atoms with Gasteiger partial charge in [-0.1, -0.05) is 18.2 Å². The Morgan fingerprint density at radius 3 is 2.36 bits per heavy atom. The van der Waals surface area contributed by atoms with Crippen molar-refractivity contribution in [2.45, 2.75) is 13.0 Å². The lowest BCUT2D eigenvalue weighted by Gasteiger charge is -2.14. The molecule has 0 radical (unpaired) electrons. The van der Waals surface area contributed by atoms with E-state index in [2.05, 4.69) is 26.1 Å². The molecule has 0 saturated carbocycles. The number of benzene rings is 1. The van der Waals surface area contributed by atoms with Crippen LogP contribution in [-0.2, 0) is 4.79 Å². The van der Waals surface area contributed by atoms with Crippen LogP contribution in [-0.4, -0.2) is 35.1 Å². The van der Waals surface area contributed by atoms with Gasteiger partial charge in [0.15, 0.2) is 5.69 Å². The second-order valence-corrected chi connectivity index (χ2v) is 4.60. The zero-order chi connectivity index (χ0) is 15.9. The minimum absolute atomic E-state index is 0.191. The SMILES string of the molecule is CNC(=O)c1ccc(NC(C)C(=O)Nc2ccccc2)nn1. The molecule has 2 amide bonds. The Hall–Kier alpha value is -2.96. The summed E-state index contributed by atoms with van der Waals surface area (Å²) in [5, 5.41) is 15.8. The van der Waals surface area contributed by atoms with Crippen molar-refractivity contribution in [1.29, 1.82) is 0 Å². The van der Waals surface area contributed by atoms with Crippen LogP contribution in [0, 0.1) is 0 Å². The monoisotopic (exact) mass is 299 g/mol. The Balaban J connectivity index is 1.95. The number of nitrogens with zero attached hydrogens (tertiary/aromatic N) is 2. The highest BCUT2D eigenvalue weighted by molar-refractivity contribution is 5.96. The van der Waals surface area contributed by atoms with Crippen LogP contribution in [0.2, 0.25) is 0 Å². The number of aromatic nitrogens is 2. The van der Waals surface area contributed by atoms with Gasteiger partial charge in [0, 0.05) is 12.7 Å². The van der Waals surface area contributed by atoms with E-state index < -0.39 is 6.04 Å². The number of carbonyl (C=O) groups is 2. The summed E-state index contributed by atoms with van der Waals surface area (Å²) in [4.78, 5) is 23.4. The van der Waals surface area contributed by atoms with Crippen LogP contribution in [0.1, 0.15) is 17.4 Å². The molecule has 3 N–H and O–H groups in total. The van der Waals surface area contributed by atoms with E-state index in [4.69, 9.17) is 0 Å². The van der Waals surface area contributed by atoms with Crippen LogP contribution >= 0.6 is 0 Å². The molecule has 7 nitrogen and oxygen atoms in total. The first kappa shape index (κ1) is 15.4. The van der Waals surface area contributed by atoms with Gasteiger partial charge in [0.05, 0.1) is 0 Å². The second-order valence-electron chi connectivity index (χ2n) is 4.60. The van der Waals surface area contributed by atoms with Crippen molar-refractivity contribution >= 4 is 23.3 Å². The number of anilines is 2. The quantitative estimate of drug-likeness (QED) is 0.773. The first-order valence-electron chi connectivity index (χ1n) is 6.78. The van der Waals surface area contributed by atoms with Crippen molar-refractivity contribution in [1.82, 2.24) is 15.5 Å². The molecule has 0 bridgehead atoms. The van der Waals surface area contributed by atoms with Crippen molar-refractivity contribution in [3.05, 3.63) is 48.2 Å². The normalized spacial score (nSPS) is 11.4. The summed E-state index contributed by atoms with van der Waals surface area (Å²) < 4.78 is 0. The Labute approximate surface area is 128 Å². The first-order valence-corrected chi connectivity index (χ1v) is 6.78. The van der Waals surface area contributed by atoms with Crippen LogP contribution in [0.5, 0.6) is 0 Å². The molecule has 0 spiro atoms. The van der Waals surface area contributed by atoms with Crippen LogP contribution in [0.3, 0.4) is 0 Å². The highest BCUT2D eigenvalue weighted by Crippen LogP contribution is 2.08. The van der Waals surface area contributed by atoms with Crippen molar-refractivity contribution in [3.8, 4) is 0 Å². The third kappa shape index (κ3) is 4.02. The van der Waals surface area contributed by atoms with Gasteiger partial charge in [-0.2, -0.15) is 0 Å². The lowest BCUT2D eigenvalue weighted by atomic mass is 10.2. The van der Waals surface area contributed by atoms with Gasteiger partial charge in [-0.15, -0.1) is 10.2 Å². The molecule has 0 aliphatic heterocycles. The number of hydrogen-bond acceptors (Lipinski definition) is 5. The van der Waals surface area contributed by atoms with Crippen molar-refractivity contribution in [3.63, 3.8) is 0 Å². The third-order valence-electron chi connectivity index (χ3n) is 2.92. The number of amides is 2. The summed E-state index contributed by atoms with van der Waals surface area (Å²) in [5.41, 5.74) is 0.941. The second kappa shape index (κ2) is 7.16. The fourth-order valence-electron chi connectivity index (χ4n) is 1.72. The maximum atomic E-state index is 12.1. The van der Waals surface area contributed by atoms with Gasteiger partial charge < -0.3 is 16.0 Å². The minimum atomic E-state index is -0.500. The lowest BCUT2D eigenvalue weighted by Crippen LogP contribution is -2.32. The fourth-order valence-corrected chi connectivity index (χ4v) is 1.72. The maximum absolute atomic E-state index is 12.1. The van der Waals surface area contributed by atoms with Gasteiger partial charge in [-0.25, -0.2) is 0 Å². The third-order valence-corrected chi connectivity index (χ3v) is 2.92. The Morgan fingerprint density at radius 1 is 1.05 bits per heavy atom. The molecule has 0 saturated heterocycles. The Kier molecular flexibility index (Phi) is 5.02. The topological polar surface area (TPSA) is 96.0 Å². The largest absolute Gasteiger partial charge is 0.357 e. The minimum Gasteiger partial charge on any atom is -0.357 e. The molecule has 2 rings (SSSR count). The predicted octanol–water partition coefficient (Wildman–Crippen LogP) is 1.28. The van der Waals surface area contributed by atoms with E-state index in [0.717, 1.165) is 5.69 Å². The van der Waals surface area contributed by atoms with Gasteiger partial charge in [0.2, 0.25) is 5.91 Å². The number of hydrogen-bond donors (Lipinski definition) is 3. The molecule has 2 aromatic rings. The average molecular weight is 299 g/mol. The van der Waals surface area contributed by atoms with Crippen molar-refractivity contribution in [2.75, 3.05) is 17.7 Å². The molecule has 114 valence electrons. The van der Waals surface area contributed by atoms with E-state index in [1.54, 1.807) is 13.0 Å². The van der Waals surface area contributed by atoms with Gasteiger partial charge >= 0.3 is 0 Å². The molecule has 1 atom stereocenters. The molecule has 22 heavy (non-hydrogen) atoms. The zero-order valence-electron chi connectivity index (χ0n) is 12.3.